The van der Waals surface area contributed by atoms with Gasteiger partial charge >= 0.3 is 0 Å². The Bertz CT molecular complexity index is 947. The topological polar surface area (TPSA) is 63.6 Å². The molecular weight excluding hydrogens is 396 g/mol. The van der Waals surface area contributed by atoms with E-state index in [9.17, 15) is 0 Å². The lowest BCUT2D eigenvalue weighted by atomic mass is 9.91. The normalized spacial score (nSPS) is 15.7. The zero-order valence-electron chi connectivity index (χ0n) is 15.2. The second-order valence-electron chi connectivity index (χ2n) is 6.62. The molecule has 3 heterocycles. The van der Waals surface area contributed by atoms with E-state index in [1.807, 2.05) is 12.1 Å². The fourth-order valence-electron chi connectivity index (χ4n) is 3.41. The average molecular weight is 417 g/mol. The molecule has 0 bridgehead atoms. The lowest BCUT2D eigenvalue weighted by molar-refractivity contribution is -0.0110. The van der Waals surface area contributed by atoms with Crippen molar-refractivity contribution < 1.29 is 14.6 Å². The molecule has 0 unspecified atom stereocenters. The van der Waals surface area contributed by atoms with Gasteiger partial charge in [-0.3, -0.25) is 4.98 Å². The number of thiophene rings is 1. The minimum absolute atomic E-state index is 0.299. The largest absolute Gasteiger partial charge is 0.493 e. The number of rotatable bonds is 7. The van der Waals surface area contributed by atoms with Crippen LogP contribution < -0.4 is 10.1 Å². The number of fused-ring (bicyclic) bond motifs is 1. The number of aliphatic hydroxyl groups is 1. The molecule has 1 aliphatic heterocycles. The van der Waals surface area contributed by atoms with Gasteiger partial charge in [-0.1, -0.05) is 23.7 Å². The number of halogens is 1. The summed E-state index contributed by atoms with van der Waals surface area (Å²) in [5.41, 5.74) is 5.34. The highest BCUT2D eigenvalue weighted by atomic mass is 35.5. The van der Waals surface area contributed by atoms with Gasteiger partial charge in [0.25, 0.3) is 0 Å². The van der Waals surface area contributed by atoms with Crippen molar-refractivity contribution in [3.8, 4) is 16.9 Å². The third-order valence-corrected chi connectivity index (χ3v) is 5.97. The van der Waals surface area contributed by atoms with E-state index in [2.05, 4.69) is 33.9 Å². The van der Waals surface area contributed by atoms with Crippen molar-refractivity contribution >= 4 is 28.6 Å². The lowest BCUT2D eigenvalue weighted by Gasteiger charge is -2.27. The summed E-state index contributed by atoms with van der Waals surface area (Å²) in [6, 6.07) is 10.3. The molecule has 2 N–H and O–H groups in total. The van der Waals surface area contributed by atoms with Gasteiger partial charge in [0.15, 0.2) is 0 Å². The number of hydrogen-bond acceptors (Lipinski definition) is 6. The van der Waals surface area contributed by atoms with Gasteiger partial charge in [0.05, 0.1) is 29.4 Å². The molecule has 0 saturated carbocycles. The molecule has 146 valence electrons. The van der Waals surface area contributed by atoms with Crippen LogP contribution in [-0.2, 0) is 11.3 Å². The maximum atomic E-state index is 8.89. The van der Waals surface area contributed by atoms with Crippen LogP contribution in [0.15, 0.2) is 48.1 Å². The number of nitrogens with zero attached hydrogens (tertiary/aromatic N) is 1. The van der Waals surface area contributed by atoms with Gasteiger partial charge < -0.3 is 19.9 Å². The van der Waals surface area contributed by atoms with Crippen molar-refractivity contribution in [1.29, 1.82) is 0 Å². The number of nitrogens with one attached hydrogen (secondary N) is 1. The maximum Gasteiger partial charge on any atom is 0.144 e. The molecule has 28 heavy (non-hydrogen) atoms. The highest BCUT2D eigenvalue weighted by Gasteiger charge is 2.22. The third kappa shape index (κ3) is 4.31. The third-order valence-electron chi connectivity index (χ3n) is 4.88. The summed E-state index contributed by atoms with van der Waals surface area (Å²) >= 11 is 7.60. The second-order valence-corrected chi connectivity index (χ2v) is 8.16. The number of pyridine rings is 1. The zero-order chi connectivity index (χ0) is 19.3. The van der Waals surface area contributed by atoms with Crippen molar-refractivity contribution in [3.05, 3.63) is 63.6 Å². The number of aliphatic hydroxyl groups excluding tert-OH is 1. The Morgan fingerprint density at radius 2 is 2.21 bits per heavy atom. The Kier molecular flexibility index (Phi) is 6.12. The Morgan fingerprint density at radius 3 is 3.04 bits per heavy atom. The summed E-state index contributed by atoms with van der Waals surface area (Å²) in [6.07, 6.45) is 4.47. The summed E-state index contributed by atoms with van der Waals surface area (Å²) < 4.78 is 11.8. The number of benzene rings is 1. The van der Waals surface area contributed by atoms with E-state index in [4.69, 9.17) is 26.2 Å². The number of anilines is 1. The first-order chi connectivity index (χ1) is 13.7. The van der Waals surface area contributed by atoms with Crippen molar-refractivity contribution in [2.24, 2.45) is 0 Å². The molecular formula is C21H21ClN2O3S. The Labute approximate surface area is 172 Å². The monoisotopic (exact) mass is 416 g/mol. The molecule has 7 heteroatoms. The highest BCUT2D eigenvalue weighted by Crippen LogP contribution is 2.38. The predicted octanol–water partition coefficient (Wildman–Crippen LogP) is 4.91. The number of aromatic nitrogens is 1. The van der Waals surface area contributed by atoms with Gasteiger partial charge in [-0.15, -0.1) is 11.3 Å². The van der Waals surface area contributed by atoms with E-state index in [0.29, 0.717) is 19.1 Å². The molecule has 1 aromatic carbocycles. The van der Waals surface area contributed by atoms with Gasteiger partial charge in [0, 0.05) is 29.6 Å². The number of hydrogen-bond donors (Lipinski definition) is 2. The molecule has 0 fully saturated rings. The van der Waals surface area contributed by atoms with E-state index in [0.717, 1.165) is 45.4 Å². The molecule has 3 aromatic rings. The molecule has 2 aromatic heterocycles. The molecule has 5 nitrogen and oxygen atoms in total. The van der Waals surface area contributed by atoms with E-state index in [-0.39, 0.29) is 6.79 Å². The fraction of sp³-hybridized carbons (Fsp3) is 0.286. The lowest BCUT2D eigenvalue weighted by Crippen LogP contribution is -2.21. The van der Waals surface area contributed by atoms with E-state index in [1.165, 1.54) is 16.9 Å². The molecule has 0 radical (unpaired) electrons. The van der Waals surface area contributed by atoms with Gasteiger partial charge in [-0.2, -0.15) is 0 Å². The average Bonchev–Trinajstić information content (AvgIpc) is 3.17. The van der Waals surface area contributed by atoms with Crippen LogP contribution in [0, 0.1) is 0 Å². The van der Waals surface area contributed by atoms with Crippen LogP contribution in [-0.4, -0.2) is 30.0 Å². The highest BCUT2D eigenvalue weighted by molar-refractivity contribution is 7.14. The Balaban J connectivity index is 1.49. The fourth-order valence-corrected chi connectivity index (χ4v) is 4.30. The Morgan fingerprint density at radius 1 is 1.29 bits per heavy atom. The molecule has 1 atom stereocenters. The van der Waals surface area contributed by atoms with Crippen LogP contribution in [0.25, 0.3) is 11.1 Å². The Hall–Kier alpha value is -2.12. The maximum absolute atomic E-state index is 8.89. The first-order valence-electron chi connectivity index (χ1n) is 9.11. The minimum atomic E-state index is -0.299. The summed E-state index contributed by atoms with van der Waals surface area (Å²) in [6.45, 7) is 1.52. The van der Waals surface area contributed by atoms with E-state index in [1.54, 1.807) is 12.4 Å². The van der Waals surface area contributed by atoms with Gasteiger partial charge in [-0.25, -0.2) is 0 Å². The molecule has 1 aliphatic rings. The van der Waals surface area contributed by atoms with Crippen LogP contribution >= 0.6 is 22.9 Å². The quantitative estimate of drug-likeness (QED) is 0.536. The summed E-state index contributed by atoms with van der Waals surface area (Å²) in [5.74, 6) is 1.28. The van der Waals surface area contributed by atoms with Crippen LogP contribution in [0.4, 0.5) is 5.69 Å². The predicted molar refractivity (Wildman–Crippen MR) is 112 cm³/mol. The molecule has 0 amide bonds. The second kappa shape index (κ2) is 8.92. The minimum Gasteiger partial charge on any atom is -0.493 e. The molecule has 0 saturated heterocycles. The van der Waals surface area contributed by atoms with Gasteiger partial charge in [0.1, 0.15) is 12.5 Å². The molecule has 0 spiro atoms. The first-order valence-corrected chi connectivity index (χ1v) is 10.4. The van der Waals surface area contributed by atoms with Crippen molar-refractivity contribution in [3.63, 3.8) is 0 Å². The number of ether oxygens (including phenoxy) is 2. The van der Waals surface area contributed by atoms with Gasteiger partial charge in [0.2, 0.25) is 0 Å². The SMILES string of the molecule is OCOCc1ccncc1NC[C@H]1CCOc2cc(-c3csc(Cl)c3)ccc21. The van der Waals surface area contributed by atoms with Gasteiger partial charge in [-0.05, 0) is 41.3 Å². The summed E-state index contributed by atoms with van der Waals surface area (Å²) in [5, 5.41) is 14.4. The van der Waals surface area contributed by atoms with Crippen LogP contribution in [0.3, 0.4) is 0 Å². The van der Waals surface area contributed by atoms with Crippen LogP contribution in [0.1, 0.15) is 23.5 Å². The smallest absolute Gasteiger partial charge is 0.144 e. The zero-order valence-corrected chi connectivity index (χ0v) is 16.8. The molecule has 0 aliphatic carbocycles. The van der Waals surface area contributed by atoms with Crippen LogP contribution in [0.5, 0.6) is 5.75 Å². The van der Waals surface area contributed by atoms with Crippen molar-refractivity contribution in [2.45, 2.75) is 18.9 Å². The van der Waals surface area contributed by atoms with E-state index < -0.39 is 0 Å². The summed E-state index contributed by atoms with van der Waals surface area (Å²) in [7, 11) is 0. The molecule has 4 rings (SSSR count). The van der Waals surface area contributed by atoms with Crippen molar-refractivity contribution in [1.82, 2.24) is 4.98 Å². The van der Waals surface area contributed by atoms with Crippen LogP contribution in [0.2, 0.25) is 4.34 Å². The standard InChI is InChI=1S/C21H21ClN2O3S/c22-21-8-17(12-28-21)14-1-2-18-15(4-6-27-20(18)7-14)9-24-19-10-23-5-3-16(19)11-26-13-25/h1-3,5,7-8,10,12,15,24-25H,4,6,9,11,13H2/t15-/m1/s1. The summed E-state index contributed by atoms with van der Waals surface area (Å²) in [4.78, 5) is 4.19. The van der Waals surface area contributed by atoms with Crippen molar-refractivity contribution in [2.75, 3.05) is 25.3 Å². The first kappa shape index (κ1) is 19.2. The van der Waals surface area contributed by atoms with E-state index >= 15 is 0 Å².